The van der Waals surface area contributed by atoms with E-state index >= 15 is 0 Å². The van der Waals surface area contributed by atoms with Gasteiger partial charge in [-0.15, -0.1) is 0 Å². The van der Waals surface area contributed by atoms with Crippen LogP contribution in [0.2, 0.25) is 0 Å². The first-order chi connectivity index (χ1) is 12.3. The van der Waals surface area contributed by atoms with Crippen molar-refractivity contribution >= 4 is 11.9 Å². The van der Waals surface area contributed by atoms with Crippen molar-refractivity contribution in [3.05, 3.63) is 35.4 Å². The standard InChI is InChI=1S/C21H36N4O/c1-7-23-20(25-15-21(4,5)14-16(2)3)24-12-11-17-9-8-10-18(13-17)19(26)22-6/h8-10,13,16H,7,11-12,14-15H2,1-6H3,(H,22,26)(H2,23,24,25). The summed E-state index contributed by atoms with van der Waals surface area (Å²) in [6.45, 7) is 13.5. The summed E-state index contributed by atoms with van der Waals surface area (Å²) >= 11 is 0. The lowest BCUT2D eigenvalue weighted by atomic mass is 9.84. The van der Waals surface area contributed by atoms with Gasteiger partial charge in [0.2, 0.25) is 0 Å². The van der Waals surface area contributed by atoms with Crippen molar-refractivity contribution in [1.82, 2.24) is 16.0 Å². The highest BCUT2D eigenvalue weighted by atomic mass is 16.1. The van der Waals surface area contributed by atoms with Crippen molar-refractivity contribution in [3.63, 3.8) is 0 Å². The van der Waals surface area contributed by atoms with Crippen LogP contribution in [0.4, 0.5) is 0 Å². The Hall–Kier alpha value is -2.04. The minimum absolute atomic E-state index is 0.0536. The Kier molecular flexibility index (Phi) is 9.17. The number of carbonyl (C=O) groups is 1. The van der Waals surface area contributed by atoms with Gasteiger partial charge in [-0.3, -0.25) is 9.79 Å². The van der Waals surface area contributed by atoms with Crippen LogP contribution in [0.15, 0.2) is 29.3 Å². The van der Waals surface area contributed by atoms with E-state index < -0.39 is 0 Å². The number of amides is 1. The van der Waals surface area contributed by atoms with Gasteiger partial charge in [-0.05, 0) is 48.8 Å². The molecule has 3 N–H and O–H groups in total. The van der Waals surface area contributed by atoms with Crippen LogP contribution in [0.25, 0.3) is 0 Å². The Balaban J connectivity index is 2.61. The van der Waals surface area contributed by atoms with E-state index in [9.17, 15) is 4.79 Å². The maximum Gasteiger partial charge on any atom is 0.251 e. The van der Waals surface area contributed by atoms with E-state index in [4.69, 9.17) is 4.99 Å². The monoisotopic (exact) mass is 360 g/mol. The van der Waals surface area contributed by atoms with E-state index in [0.29, 0.717) is 11.5 Å². The van der Waals surface area contributed by atoms with Gasteiger partial charge < -0.3 is 16.0 Å². The summed E-state index contributed by atoms with van der Waals surface area (Å²) in [6.07, 6.45) is 1.99. The summed E-state index contributed by atoms with van der Waals surface area (Å²) in [5.74, 6) is 1.47. The van der Waals surface area contributed by atoms with Gasteiger partial charge in [0.1, 0.15) is 0 Å². The molecule has 5 nitrogen and oxygen atoms in total. The van der Waals surface area contributed by atoms with Gasteiger partial charge in [0.05, 0.1) is 0 Å². The van der Waals surface area contributed by atoms with Gasteiger partial charge in [0.15, 0.2) is 5.96 Å². The van der Waals surface area contributed by atoms with Crippen LogP contribution in [0.5, 0.6) is 0 Å². The summed E-state index contributed by atoms with van der Waals surface area (Å²) in [5.41, 5.74) is 2.02. The second-order valence-corrected chi connectivity index (χ2v) is 7.91. The van der Waals surface area contributed by atoms with Gasteiger partial charge >= 0.3 is 0 Å². The smallest absolute Gasteiger partial charge is 0.251 e. The third-order valence-corrected chi connectivity index (χ3v) is 4.09. The summed E-state index contributed by atoms with van der Waals surface area (Å²) in [4.78, 5) is 16.5. The Morgan fingerprint density at radius 3 is 2.58 bits per heavy atom. The molecular weight excluding hydrogens is 324 g/mol. The quantitative estimate of drug-likeness (QED) is 0.468. The molecule has 0 atom stereocenters. The van der Waals surface area contributed by atoms with E-state index in [1.807, 2.05) is 24.3 Å². The molecule has 0 unspecified atom stereocenters. The number of aliphatic imine (C=N–C) groups is 1. The summed E-state index contributed by atoms with van der Waals surface area (Å²) in [7, 11) is 1.65. The molecule has 0 aliphatic rings. The lowest BCUT2D eigenvalue weighted by Crippen LogP contribution is -2.39. The first-order valence-electron chi connectivity index (χ1n) is 9.60. The number of nitrogens with one attached hydrogen (secondary N) is 3. The van der Waals surface area contributed by atoms with Crippen molar-refractivity contribution in [2.24, 2.45) is 16.3 Å². The van der Waals surface area contributed by atoms with Crippen LogP contribution in [0.1, 0.15) is 57.0 Å². The molecule has 5 heteroatoms. The van der Waals surface area contributed by atoms with Crippen molar-refractivity contribution in [2.75, 3.05) is 26.7 Å². The third kappa shape index (κ3) is 8.37. The molecule has 0 saturated heterocycles. The molecule has 0 aromatic heterocycles. The summed E-state index contributed by atoms with van der Waals surface area (Å²) in [5, 5.41) is 9.36. The van der Waals surface area contributed by atoms with E-state index in [1.54, 1.807) is 7.05 Å². The van der Waals surface area contributed by atoms with E-state index in [0.717, 1.165) is 44.0 Å². The van der Waals surface area contributed by atoms with E-state index in [2.05, 4.69) is 50.6 Å². The first-order valence-corrected chi connectivity index (χ1v) is 9.60. The average Bonchev–Trinajstić information content (AvgIpc) is 2.58. The Labute approximate surface area is 159 Å². The van der Waals surface area contributed by atoms with Crippen LogP contribution in [0.3, 0.4) is 0 Å². The molecule has 0 fully saturated rings. The van der Waals surface area contributed by atoms with Gasteiger partial charge in [-0.1, -0.05) is 39.8 Å². The zero-order chi connectivity index (χ0) is 19.6. The zero-order valence-electron chi connectivity index (χ0n) is 17.3. The molecule has 1 aromatic carbocycles. The number of hydrogen-bond acceptors (Lipinski definition) is 2. The molecule has 0 radical (unpaired) electrons. The van der Waals surface area contributed by atoms with Gasteiger partial charge in [-0.2, -0.15) is 0 Å². The fourth-order valence-electron chi connectivity index (χ4n) is 3.14. The highest BCUT2D eigenvalue weighted by Crippen LogP contribution is 2.25. The predicted octanol–water partition coefficient (Wildman–Crippen LogP) is 3.22. The molecule has 0 aliphatic heterocycles. The molecule has 0 heterocycles. The predicted molar refractivity (Wildman–Crippen MR) is 111 cm³/mol. The van der Waals surface area contributed by atoms with Crippen LogP contribution in [-0.2, 0) is 6.42 Å². The fourth-order valence-corrected chi connectivity index (χ4v) is 3.14. The molecule has 0 bridgehead atoms. The lowest BCUT2D eigenvalue weighted by molar-refractivity contribution is 0.0963. The molecule has 0 saturated carbocycles. The first kappa shape index (κ1) is 22.0. The number of carbonyl (C=O) groups excluding carboxylic acids is 1. The van der Waals surface area contributed by atoms with Crippen molar-refractivity contribution in [2.45, 2.75) is 47.5 Å². The number of nitrogens with zero attached hydrogens (tertiary/aromatic N) is 1. The minimum Gasteiger partial charge on any atom is -0.357 e. The third-order valence-electron chi connectivity index (χ3n) is 4.09. The highest BCUT2D eigenvalue weighted by Gasteiger charge is 2.19. The average molecular weight is 361 g/mol. The number of guanidine groups is 1. The zero-order valence-corrected chi connectivity index (χ0v) is 17.3. The SMILES string of the molecule is CCNC(=NCC(C)(C)CC(C)C)NCCc1cccc(C(=O)NC)c1. The van der Waals surface area contributed by atoms with Crippen LogP contribution < -0.4 is 16.0 Å². The van der Waals surface area contributed by atoms with Crippen LogP contribution >= 0.6 is 0 Å². The molecule has 0 spiro atoms. The summed E-state index contributed by atoms with van der Waals surface area (Å²) in [6, 6.07) is 7.74. The fraction of sp³-hybridized carbons (Fsp3) is 0.619. The molecule has 146 valence electrons. The Morgan fingerprint density at radius 1 is 1.23 bits per heavy atom. The van der Waals surface area contributed by atoms with Gasteiger partial charge in [-0.25, -0.2) is 0 Å². The van der Waals surface area contributed by atoms with E-state index in [1.165, 1.54) is 0 Å². The number of benzene rings is 1. The van der Waals surface area contributed by atoms with Crippen LogP contribution in [0, 0.1) is 11.3 Å². The molecule has 1 aromatic rings. The van der Waals surface area contributed by atoms with Gasteiger partial charge in [0, 0.05) is 32.2 Å². The van der Waals surface area contributed by atoms with Crippen molar-refractivity contribution in [3.8, 4) is 0 Å². The molecule has 1 amide bonds. The molecule has 0 aliphatic carbocycles. The molecule has 1 rings (SSSR count). The topological polar surface area (TPSA) is 65.5 Å². The minimum atomic E-state index is -0.0536. The Morgan fingerprint density at radius 2 is 1.96 bits per heavy atom. The van der Waals surface area contributed by atoms with Gasteiger partial charge in [0.25, 0.3) is 5.91 Å². The second-order valence-electron chi connectivity index (χ2n) is 7.91. The number of rotatable bonds is 9. The maximum atomic E-state index is 11.7. The highest BCUT2D eigenvalue weighted by molar-refractivity contribution is 5.94. The largest absolute Gasteiger partial charge is 0.357 e. The normalized spacial score (nSPS) is 12.2. The van der Waals surface area contributed by atoms with E-state index in [-0.39, 0.29) is 11.3 Å². The maximum absolute atomic E-state index is 11.7. The van der Waals surface area contributed by atoms with Crippen molar-refractivity contribution < 1.29 is 4.79 Å². The van der Waals surface area contributed by atoms with Crippen molar-refractivity contribution in [1.29, 1.82) is 0 Å². The van der Waals surface area contributed by atoms with Crippen LogP contribution in [-0.4, -0.2) is 38.5 Å². The second kappa shape index (κ2) is 10.8. The Bertz CT molecular complexity index is 593. The number of hydrogen-bond donors (Lipinski definition) is 3. The molecular formula is C21H36N4O. The lowest BCUT2D eigenvalue weighted by Gasteiger charge is -2.25. The summed E-state index contributed by atoms with van der Waals surface area (Å²) < 4.78 is 0. The molecule has 26 heavy (non-hydrogen) atoms.